The van der Waals surface area contributed by atoms with Crippen molar-refractivity contribution in [3.05, 3.63) is 40.2 Å². The molecule has 0 aliphatic rings. The quantitative estimate of drug-likeness (QED) is 0.859. The Morgan fingerprint density at radius 3 is 2.81 bits per heavy atom. The van der Waals surface area contributed by atoms with E-state index in [2.05, 4.69) is 5.32 Å². The van der Waals surface area contributed by atoms with Gasteiger partial charge >= 0.3 is 5.63 Å². The summed E-state index contributed by atoms with van der Waals surface area (Å²) in [6.07, 6.45) is 1.82. The topological polar surface area (TPSA) is 68.5 Å². The molecule has 2 aromatic rings. The van der Waals surface area contributed by atoms with E-state index in [1.807, 2.05) is 13.8 Å². The normalized spacial score (nSPS) is 12.1. The molecule has 1 heterocycles. The molecule has 1 unspecified atom stereocenters. The Kier molecular flexibility index (Phi) is 4.62. The molecule has 112 valence electrons. The number of rotatable bonds is 5. The van der Waals surface area contributed by atoms with E-state index >= 15 is 0 Å². The van der Waals surface area contributed by atoms with Crippen LogP contribution < -0.4 is 15.7 Å². The molecule has 2 rings (SSSR count). The molecule has 0 bridgehead atoms. The molecule has 0 fully saturated rings. The second-order valence-corrected chi connectivity index (χ2v) is 5.01. The number of hydrogen-bond donors (Lipinski definition) is 1. The third kappa shape index (κ3) is 3.42. The van der Waals surface area contributed by atoms with Crippen LogP contribution in [0.15, 0.2) is 33.5 Å². The van der Waals surface area contributed by atoms with Crippen molar-refractivity contribution in [1.82, 2.24) is 5.32 Å². The highest BCUT2D eigenvalue weighted by atomic mass is 16.5. The summed E-state index contributed by atoms with van der Waals surface area (Å²) in [5.41, 5.74) is -0.188. The van der Waals surface area contributed by atoms with Crippen molar-refractivity contribution in [3.63, 3.8) is 0 Å². The minimum Gasteiger partial charge on any atom is -0.497 e. The highest BCUT2D eigenvalue weighted by molar-refractivity contribution is 5.96. The van der Waals surface area contributed by atoms with Gasteiger partial charge in [-0.05, 0) is 37.6 Å². The number of amides is 1. The van der Waals surface area contributed by atoms with Crippen molar-refractivity contribution in [2.45, 2.75) is 32.7 Å². The highest BCUT2D eigenvalue weighted by Crippen LogP contribution is 2.20. The minimum atomic E-state index is -0.631. The first-order valence-corrected chi connectivity index (χ1v) is 6.98. The summed E-state index contributed by atoms with van der Waals surface area (Å²) in [5.74, 6) is 0.233. The van der Waals surface area contributed by atoms with Crippen LogP contribution in [0.1, 0.15) is 37.0 Å². The van der Waals surface area contributed by atoms with Crippen LogP contribution in [0, 0.1) is 0 Å². The fraction of sp³-hybridized carbons (Fsp3) is 0.375. The molecule has 1 aromatic carbocycles. The molecule has 1 atom stereocenters. The van der Waals surface area contributed by atoms with Crippen molar-refractivity contribution >= 4 is 16.9 Å². The van der Waals surface area contributed by atoms with Gasteiger partial charge in [0, 0.05) is 11.4 Å². The molecular weight excluding hydrogens is 270 g/mol. The fourth-order valence-corrected chi connectivity index (χ4v) is 2.19. The van der Waals surface area contributed by atoms with Crippen molar-refractivity contribution < 1.29 is 13.9 Å². The number of carbonyl (C=O) groups excluding carboxylic acids is 1. The van der Waals surface area contributed by atoms with E-state index in [1.54, 1.807) is 25.3 Å². The fourth-order valence-electron chi connectivity index (χ4n) is 2.19. The van der Waals surface area contributed by atoms with Gasteiger partial charge in [-0.2, -0.15) is 0 Å². The smallest absolute Gasteiger partial charge is 0.349 e. The first kappa shape index (κ1) is 15.1. The van der Waals surface area contributed by atoms with Gasteiger partial charge in [0.15, 0.2) is 0 Å². The van der Waals surface area contributed by atoms with Gasteiger partial charge in [-0.3, -0.25) is 4.79 Å². The largest absolute Gasteiger partial charge is 0.497 e. The molecule has 5 nitrogen and oxygen atoms in total. The molecule has 0 spiro atoms. The van der Waals surface area contributed by atoms with Crippen molar-refractivity contribution in [2.75, 3.05) is 7.11 Å². The SMILES string of the molecule is CCCC(C)NC(=O)c1cc2cc(OC)ccc2oc1=O. The molecule has 1 N–H and O–H groups in total. The van der Waals surface area contributed by atoms with E-state index in [-0.39, 0.29) is 11.6 Å². The van der Waals surface area contributed by atoms with Gasteiger partial charge < -0.3 is 14.5 Å². The van der Waals surface area contributed by atoms with Crippen molar-refractivity contribution in [3.8, 4) is 5.75 Å². The summed E-state index contributed by atoms with van der Waals surface area (Å²) < 4.78 is 10.3. The molecule has 5 heteroatoms. The zero-order chi connectivity index (χ0) is 15.4. The number of ether oxygens (including phenoxy) is 1. The molecule has 0 radical (unpaired) electrons. The molecule has 0 saturated heterocycles. The highest BCUT2D eigenvalue weighted by Gasteiger charge is 2.15. The first-order chi connectivity index (χ1) is 10.0. The van der Waals surface area contributed by atoms with Crippen LogP contribution in [0.4, 0.5) is 0 Å². The summed E-state index contributed by atoms with van der Waals surface area (Å²) in [7, 11) is 1.56. The Bertz CT molecular complexity index is 705. The standard InChI is InChI=1S/C16H19NO4/c1-4-5-10(2)17-15(18)13-9-11-8-12(20-3)6-7-14(11)21-16(13)19/h6-10H,4-5H2,1-3H3,(H,17,18). The lowest BCUT2D eigenvalue weighted by molar-refractivity contribution is 0.0935. The third-order valence-corrected chi connectivity index (χ3v) is 3.28. The zero-order valence-electron chi connectivity index (χ0n) is 12.4. The molecule has 21 heavy (non-hydrogen) atoms. The van der Waals surface area contributed by atoms with E-state index < -0.39 is 11.5 Å². The Morgan fingerprint density at radius 1 is 1.38 bits per heavy atom. The molecule has 1 aromatic heterocycles. The summed E-state index contributed by atoms with van der Waals surface area (Å²) in [4.78, 5) is 24.1. The number of methoxy groups -OCH3 is 1. The summed E-state index contributed by atoms with van der Waals surface area (Å²) >= 11 is 0. The number of hydrogen-bond acceptors (Lipinski definition) is 4. The third-order valence-electron chi connectivity index (χ3n) is 3.28. The Morgan fingerprint density at radius 2 is 2.14 bits per heavy atom. The van der Waals surface area contributed by atoms with Crippen LogP contribution in [0.3, 0.4) is 0 Å². The number of benzene rings is 1. The maximum Gasteiger partial charge on any atom is 0.349 e. The van der Waals surface area contributed by atoms with Gasteiger partial charge in [0.2, 0.25) is 0 Å². The van der Waals surface area contributed by atoms with E-state index in [1.165, 1.54) is 6.07 Å². The molecule has 0 aliphatic carbocycles. The minimum absolute atomic E-state index is 0.0127. The lowest BCUT2D eigenvalue weighted by atomic mass is 10.1. The van der Waals surface area contributed by atoms with E-state index in [4.69, 9.17) is 9.15 Å². The van der Waals surface area contributed by atoms with Crippen LogP contribution >= 0.6 is 0 Å². The Labute approximate surface area is 122 Å². The number of carbonyl (C=O) groups is 1. The Hall–Kier alpha value is -2.30. The van der Waals surface area contributed by atoms with Crippen molar-refractivity contribution in [1.29, 1.82) is 0 Å². The van der Waals surface area contributed by atoms with Gasteiger partial charge in [-0.1, -0.05) is 13.3 Å². The predicted molar refractivity (Wildman–Crippen MR) is 80.9 cm³/mol. The lowest BCUT2D eigenvalue weighted by Gasteiger charge is -2.12. The lowest BCUT2D eigenvalue weighted by Crippen LogP contribution is -2.35. The van der Waals surface area contributed by atoms with Crippen LogP contribution in [-0.2, 0) is 0 Å². The molecular formula is C16H19NO4. The first-order valence-electron chi connectivity index (χ1n) is 6.98. The van der Waals surface area contributed by atoms with Crippen LogP contribution in [0.25, 0.3) is 11.0 Å². The second kappa shape index (κ2) is 6.43. The maximum atomic E-state index is 12.1. The summed E-state index contributed by atoms with van der Waals surface area (Å²) in [6, 6.07) is 6.64. The Balaban J connectivity index is 2.37. The van der Waals surface area contributed by atoms with E-state index in [9.17, 15) is 9.59 Å². The van der Waals surface area contributed by atoms with Crippen molar-refractivity contribution in [2.24, 2.45) is 0 Å². The zero-order valence-corrected chi connectivity index (χ0v) is 12.4. The number of nitrogens with one attached hydrogen (secondary N) is 1. The molecule has 1 amide bonds. The average molecular weight is 289 g/mol. The van der Waals surface area contributed by atoms with Gasteiger partial charge in [0.05, 0.1) is 7.11 Å². The molecule has 0 aliphatic heterocycles. The van der Waals surface area contributed by atoms with Crippen LogP contribution in [-0.4, -0.2) is 19.1 Å². The average Bonchev–Trinajstić information content (AvgIpc) is 2.46. The summed E-state index contributed by atoms with van der Waals surface area (Å²) in [6.45, 7) is 3.95. The second-order valence-electron chi connectivity index (χ2n) is 5.01. The summed E-state index contributed by atoms with van der Waals surface area (Å²) in [5, 5.41) is 3.46. The van der Waals surface area contributed by atoms with E-state index in [0.29, 0.717) is 16.7 Å². The van der Waals surface area contributed by atoms with Gasteiger partial charge in [0.25, 0.3) is 5.91 Å². The molecule has 0 saturated carbocycles. The maximum absolute atomic E-state index is 12.1. The van der Waals surface area contributed by atoms with Crippen LogP contribution in [0.5, 0.6) is 5.75 Å². The number of fused-ring (bicyclic) bond motifs is 1. The van der Waals surface area contributed by atoms with Crippen LogP contribution in [0.2, 0.25) is 0 Å². The van der Waals surface area contributed by atoms with Gasteiger partial charge in [-0.25, -0.2) is 4.79 Å². The monoisotopic (exact) mass is 289 g/mol. The van der Waals surface area contributed by atoms with Gasteiger partial charge in [0.1, 0.15) is 16.9 Å². The van der Waals surface area contributed by atoms with E-state index in [0.717, 1.165) is 12.8 Å². The van der Waals surface area contributed by atoms with Gasteiger partial charge in [-0.15, -0.1) is 0 Å². The predicted octanol–water partition coefficient (Wildman–Crippen LogP) is 2.72.